The maximum absolute atomic E-state index is 12.1. The lowest BCUT2D eigenvalue weighted by Gasteiger charge is -2.33. The topological polar surface area (TPSA) is 58.0 Å². The number of rotatable bonds is 6. The van der Waals surface area contributed by atoms with E-state index in [0.717, 1.165) is 48.3 Å². The first-order chi connectivity index (χ1) is 12.3. The van der Waals surface area contributed by atoms with E-state index in [-0.39, 0.29) is 17.9 Å². The Morgan fingerprint density at radius 1 is 1.50 bits per heavy atom. The number of amides is 1. The predicted octanol–water partition coefficient (Wildman–Crippen LogP) is 3.79. The van der Waals surface area contributed by atoms with Crippen LogP contribution in [0.4, 0.5) is 5.69 Å². The van der Waals surface area contributed by atoms with Crippen LogP contribution in [0.3, 0.4) is 0 Å². The second-order valence-corrected chi connectivity index (χ2v) is 7.85. The molecule has 0 saturated carbocycles. The molecular formula is C19H29BrN4O2. The minimum absolute atomic E-state index is 0.0470. The van der Waals surface area contributed by atoms with E-state index in [9.17, 15) is 4.79 Å². The molecule has 0 atom stereocenters. The van der Waals surface area contributed by atoms with E-state index in [1.807, 2.05) is 43.7 Å². The van der Waals surface area contributed by atoms with Crippen LogP contribution in [0.2, 0.25) is 0 Å². The standard InChI is InChI=1S/C19H29BrN4O2/c1-6-23(5)12-21-17-11-16(20)18(22-14(17)4)26-15-7-9-24(10-8-15)19(25)13(2)3/h11-13,15H,6-10H2,1-5H3/b21-12+. The molecule has 6 nitrogen and oxygen atoms in total. The fourth-order valence-electron chi connectivity index (χ4n) is 2.72. The van der Waals surface area contributed by atoms with E-state index < -0.39 is 0 Å². The number of aromatic nitrogens is 1. The number of pyridine rings is 1. The maximum Gasteiger partial charge on any atom is 0.228 e. The summed E-state index contributed by atoms with van der Waals surface area (Å²) in [6.07, 6.45) is 3.54. The molecule has 0 radical (unpaired) electrons. The first-order valence-electron chi connectivity index (χ1n) is 9.18. The fraction of sp³-hybridized carbons (Fsp3) is 0.632. The average molecular weight is 425 g/mol. The van der Waals surface area contributed by atoms with Crippen LogP contribution in [0.25, 0.3) is 0 Å². The van der Waals surface area contributed by atoms with Crippen molar-refractivity contribution in [3.63, 3.8) is 0 Å². The summed E-state index contributed by atoms with van der Waals surface area (Å²) < 4.78 is 6.90. The van der Waals surface area contributed by atoms with Gasteiger partial charge in [-0.05, 0) is 35.8 Å². The molecule has 2 rings (SSSR count). The number of nitrogens with zero attached hydrogens (tertiary/aromatic N) is 4. The molecule has 1 fully saturated rings. The third-order valence-electron chi connectivity index (χ3n) is 4.53. The second-order valence-electron chi connectivity index (χ2n) is 6.99. The average Bonchev–Trinajstić information content (AvgIpc) is 2.62. The number of likely N-dealkylation sites (tertiary alicyclic amines) is 1. The van der Waals surface area contributed by atoms with Crippen LogP contribution in [0.5, 0.6) is 5.88 Å². The summed E-state index contributed by atoms with van der Waals surface area (Å²) in [5.41, 5.74) is 1.65. The first kappa shape index (κ1) is 20.7. The zero-order valence-electron chi connectivity index (χ0n) is 16.3. The maximum atomic E-state index is 12.1. The Morgan fingerprint density at radius 2 is 2.15 bits per heavy atom. The molecule has 1 aliphatic rings. The van der Waals surface area contributed by atoms with E-state index in [4.69, 9.17) is 4.74 Å². The highest BCUT2D eigenvalue weighted by molar-refractivity contribution is 9.10. The highest BCUT2D eigenvalue weighted by Gasteiger charge is 2.26. The van der Waals surface area contributed by atoms with Crippen molar-refractivity contribution < 1.29 is 9.53 Å². The summed E-state index contributed by atoms with van der Waals surface area (Å²) in [6, 6.07) is 1.94. The van der Waals surface area contributed by atoms with Gasteiger partial charge in [-0.15, -0.1) is 0 Å². The molecule has 0 aliphatic carbocycles. The quantitative estimate of drug-likeness (QED) is 0.514. The highest BCUT2D eigenvalue weighted by Crippen LogP contribution is 2.31. The summed E-state index contributed by atoms with van der Waals surface area (Å²) in [5, 5.41) is 0. The van der Waals surface area contributed by atoms with E-state index >= 15 is 0 Å². The van der Waals surface area contributed by atoms with Crippen molar-refractivity contribution in [3.8, 4) is 5.88 Å². The Hall–Kier alpha value is -1.63. The van der Waals surface area contributed by atoms with Gasteiger partial charge < -0.3 is 14.5 Å². The summed E-state index contributed by atoms with van der Waals surface area (Å²) in [4.78, 5) is 25.1. The summed E-state index contributed by atoms with van der Waals surface area (Å²) in [5.74, 6) is 0.863. The molecular weight excluding hydrogens is 396 g/mol. The van der Waals surface area contributed by atoms with Gasteiger partial charge >= 0.3 is 0 Å². The van der Waals surface area contributed by atoms with Gasteiger partial charge in [-0.2, -0.15) is 0 Å². The van der Waals surface area contributed by atoms with Gasteiger partial charge in [-0.3, -0.25) is 4.79 Å². The summed E-state index contributed by atoms with van der Waals surface area (Å²) >= 11 is 3.55. The SMILES string of the molecule is CCN(C)/C=N/c1cc(Br)c(OC2CCN(C(=O)C(C)C)CC2)nc1C. The molecule has 0 spiro atoms. The third kappa shape index (κ3) is 5.43. The Balaban J connectivity index is 1.99. The number of ether oxygens (including phenoxy) is 1. The van der Waals surface area contributed by atoms with Gasteiger partial charge in [0.2, 0.25) is 11.8 Å². The molecule has 0 unspecified atom stereocenters. The van der Waals surface area contributed by atoms with Crippen LogP contribution in [0.15, 0.2) is 15.5 Å². The van der Waals surface area contributed by atoms with Gasteiger partial charge in [0.25, 0.3) is 0 Å². The smallest absolute Gasteiger partial charge is 0.228 e. The van der Waals surface area contributed by atoms with Crippen molar-refractivity contribution in [2.24, 2.45) is 10.9 Å². The van der Waals surface area contributed by atoms with Crippen molar-refractivity contribution >= 4 is 33.9 Å². The number of carbonyl (C=O) groups excluding carboxylic acids is 1. The number of hydrogen-bond acceptors (Lipinski definition) is 4. The Morgan fingerprint density at radius 3 is 2.73 bits per heavy atom. The summed E-state index contributed by atoms with van der Waals surface area (Å²) in [7, 11) is 1.98. The minimum atomic E-state index is 0.0470. The molecule has 1 amide bonds. The predicted molar refractivity (Wildman–Crippen MR) is 108 cm³/mol. The molecule has 144 valence electrons. The lowest BCUT2D eigenvalue weighted by Crippen LogP contribution is -2.43. The first-order valence-corrected chi connectivity index (χ1v) is 9.98. The van der Waals surface area contributed by atoms with Crippen molar-refractivity contribution in [1.29, 1.82) is 0 Å². The van der Waals surface area contributed by atoms with Gasteiger partial charge in [0, 0.05) is 45.4 Å². The van der Waals surface area contributed by atoms with Crippen molar-refractivity contribution in [1.82, 2.24) is 14.8 Å². The van der Waals surface area contributed by atoms with Gasteiger partial charge in [0.15, 0.2) is 0 Å². The number of piperidine rings is 1. The van der Waals surface area contributed by atoms with Crippen LogP contribution in [-0.2, 0) is 4.79 Å². The van der Waals surface area contributed by atoms with Crippen LogP contribution < -0.4 is 4.74 Å². The molecule has 0 aromatic carbocycles. The van der Waals surface area contributed by atoms with Gasteiger partial charge in [-0.1, -0.05) is 13.8 Å². The van der Waals surface area contributed by atoms with Crippen LogP contribution in [0, 0.1) is 12.8 Å². The van der Waals surface area contributed by atoms with Crippen LogP contribution in [-0.4, -0.2) is 59.8 Å². The molecule has 1 aromatic rings. The van der Waals surface area contributed by atoms with Gasteiger partial charge in [-0.25, -0.2) is 9.98 Å². The lowest BCUT2D eigenvalue weighted by molar-refractivity contribution is -0.136. The zero-order chi connectivity index (χ0) is 19.3. The monoisotopic (exact) mass is 424 g/mol. The molecule has 0 N–H and O–H groups in total. The van der Waals surface area contributed by atoms with Crippen molar-refractivity contribution in [2.45, 2.75) is 46.6 Å². The van der Waals surface area contributed by atoms with E-state index in [1.165, 1.54) is 0 Å². The third-order valence-corrected chi connectivity index (χ3v) is 5.09. The Labute approximate surface area is 164 Å². The molecule has 2 heterocycles. The molecule has 0 bridgehead atoms. The van der Waals surface area contributed by atoms with E-state index in [0.29, 0.717) is 5.88 Å². The highest BCUT2D eigenvalue weighted by atomic mass is 79.9. The van der Waals surface area contributed by atoms with Gasteiger partial charge in [0.05, 0.1) is 22.2 Å². The van der Waals surface area contributed by atoms with Crippen molar-refractivity contribution in [2.75, 3.05) is 26.7 Å². The summed E-state index contributed by atoms with van der Waals surface area (Å²) in [6.45, 7) is 10.3. The fourth-order valence-corrected chi connectivity index (χ4v) is 3.12. The number of aliphatic imine (C=N–C) groups is 1. The van der Waals surface area contributed by atoms with Crippen LogP contribution >= 0.6 is 15.9 Å². The molecule has 1 aromatic heterocycles. The lowest BCUT2D eigenvalue weighted by atomic mass is 10.1. The number of carbonyl (C=O) groups is 1. The number of aryl methyl sites for hydroxylation is 1. The molecule has 7 heteroatoms. The molecule has 1 aliphatic heterocycles. The molecule has 1 saturated heterocycles. The Bertz CT molecular complexity index is 655. The van der Waals surface area contributed by atoms with E-state index in [2.05, 4.69) is 32.8 Å². The van der Waals surface area contributed by atoms with Gasteiger partial charge in [0.1, 0.15) is 6.10 Å². The minimum Gasteiger partial charge on any atom is -0.473 e. The number of hydrogen-bond donors (Lipinski definition) is 0. The van der Waals surface area contributed by atoms with Crippen LogP contribution in [0.1, 0.15) is 39.3 Å². The number of halogens is 1. The zero-order valence-corrected chi connectivity index (χ0v) is 17.9. The molecule has 26 heavy (non-hydrogen) atoms. The van der Waals surface area contributed by atoms with Crippen molar-refractivity contribution in [3.05, 3.63) is 16.2 Å². The Kier molecular flexibility index (Phi) is 7.43. The normalized spacial score (nSPS) is 15.7. The second kappa shape index (κ2) is 9.35. The van der Waals surface area contributed by atoms with E-state index in [1.54, 1.807) is 6.34 Å². The largest absolute Gasteiger partial charge is 0.473 e.